The average Bonchev–Trinajstić information content (AvgIpc) is 3.17. The van der Waals surface area contributed by atoms with Gasteiger partial charge in [0.1, 0.15) is 11.5 Å². The first kappa shape index (κ1) is 20.4. The molecule has 7 heteroatoms. The van der Waals surface area contributed by atoms with Crippen molar-refractivity contribution in [2.24, 2.45) is 5.10 Å². The molecule has 2 aromatic carbocycles. The summed E-state index contributed by atoms with van der Waals surface area (Å²) in [5.41, 5.74) is 3.59. The van der Waals surface area contributed by atoms with Crippen LogP contribution in [-0.2, 0) is 9.59 Å². The van der Waals surface area contributed by atoms with Crippen LogP contribution in [-0.4, -0.2) is 41.9 Å². The number of hydrogen-bond donors (Lipinski definition) is 1. The van der Waals surface area contributed by atoms with Gasteiger partial charge in [-0.1, -0.05) is 29.8 Å². The third kappa shape index (κ3) is 4.56. The highest BCUT2D eigenvalue weighted by Crippen LogP contribution is 2.39. The SMILES string of the molecule is COc1ccc(OC)c([C@@H]2CC(c3ccc(C)cc3)=NN2C(=O)CCC(=O)O)c1. The predicted molar refractivity (Wildman–Crippen MR) is 108 cm³/mol. The molecule has 1 N–H and O–H groups in total. The summed E-state index contributed by atoms with van der Waals surface area (Å²) in [6, 6.07) is 12.9. The lowest BCUT2D eigenvalue weighted by Crippen LogP contribution is -2.27. The van der Waals surface area contributed by atoms with Crippen LogP contribution in [0.25, 0.3) is 0 Å². The number of carboxylic acids is 1. The first-order valence-electron chi connectivity index (χ1n) is 9.33. The minimum atomic E-state index is -1.02. The molecule has 1 atom stereocenters. The van der Waals surface area contributed by atoms with E-state index in [0.29, 0.717) is 17.9 Å². The molecule has 0 bridgehead atoms. The highest BCUT2D eigenvalue weighted by atomic mass is 16.5. The number of carboxylic acid groups (broad SMARTS) is 1. The normalized spacial score (nSPS) is 15.8. The van der Waals surface area contributed by atoms with Crippen molar-refractivity contribution in [2.45, 2.75) is 32.2 Å². The number of rotatable bonds is 7. The molecule has 0 radical (unpaired) electrons. The van der Waals surface area contributed by atoms with Crippen LogP contribution in [0.4, 0.5) is 0 Å². The van der Waals surface area contributed by atoms with E-state index in [0.717, 1.165) is 22.4 Å². The maximum Gasteiger partial charge on any atom is 0.303 e. The summed E-state index contributed by atoms with van der Waals surface area (Å²) in [6.07, 6.45) is 0.126. The Morgan fingerprint density at radius 2 is 1.83 bits per heavy atom. The number of carbonyl (C=O) groups excluding carboxylic acids is 1. The van der Waals surface area contributed by atoms with Crippen molar-refractivity contribution in [3.05, 3.63) is 59.2 Å². The van der Waals surface area contributed by atoms with Crippen molar-refractivity contribution in [1.82, 2.24) is 5.01 Å². The van der Waals surface area contributed by atoms with Crippen molar-refractivity contribution in [3.63, 3.8) is 0 Å². The van der Waals surface area contributed by atoms with Gasteiger partial charge in [0.2, 0.25) is 5.91 Å². The molecule has 29 heavy (non-hydrogen) atoms. The van der Waals surface area contributed by atoms with Gasteiger partial charge >= 0.3 is 5.97 Å². The van der Waals surface area contributed by atoms with E-state index < -0.39 is 12.0 Å². The molecule has 1 aliphatic heterocycles. The van der Waals surface area contributed by atoms with Gasteiger partial charge in [0, 0.05) is 18.4 Å². The number of benzene rings is 2. The second-order valence-electron chi connectivity index (χ2n) is 6.87. The number of hydrazone groups is 1. The van der Waals surface area contributed by atoms with E-state index in [2.05, 4.69) is 5.10 Å². The molecule has 152 valence electrons. The standard InChI is InChI=1S/C22H24N2O5/c1-14-4-6-15(7-5-14)18-13-19(24(23-18)21(25)10-11-22(26)27)17-12-16(28-2)8-9-20(17)29-3/h4-9,12,19H,10-11,13H2,1-3H3,(H,26,27)/t19-/m0/s1. The van der Waals surface area contributed by atoms with E-state index in [4.69, 9.17) is 14.6 Å². The largest absolute Gasteiger partial charge is 0.497 e. The molecule has 0 saturated carbocycles. The Bertz CT molecular complexity index is 937. The van der Waals surface area contributed by atoms with Crippen molar-refractivity contribution < 1.29 is 24.2 Å². The summed E-state index contributed by atoms with van der Waals surface area (Å²) < 4.78 is 10.8. The minimum absolute atomic E-state index is 0.122. The molecule has 0 aromatic heterocycles. The molecule has 1 amide bonds. The van der Waals surface area contributed by atoms with Crippen LogP contribution in [0.2, 0.25) is 0 Å². The molecule has 0 saturated heterocycles. The molecule has 3 rings (SSSR count). The molecule has 0 fully saturated rings. The van der Waals surface area contributed by atoms with E-state index in [1.54, 1.807) is 26.4 Å². The summed E-state index contributed by atoms with van der Waals surface area (Å²) >= 11 is 0. The average molecular weight is 396 g/mol. The lowest BCUT2D eigenvalue weighted by Gasteiger charge is -2.24. The molecule has 2 aromatic rings. The maximum atomic E-state index is 12.8. The molecule has 0 aliphatic carbocycles. The number of hydrogen-bond acceptors (Lipinski definition) is 5. The maximum absolute atomic E-state index is 12.8. The molecular weight excluding hydrogens is 372 g/mol. The zero-order chi connectivity index (χ0) is 21.0. The second kappa shape index (κ2) is 8.77. The number of amides is 1. The zero-order valence-electron chi connectivity index (χ0n) is 16.7. The van der Waals surface area contributed by atoms with Crippen molar-refractivity contribution >= 4 is 17.6 Å². The third-order valence-corrected chi connectivity index (χ3v) is 4.90. The van der Waals surface area contributed by atoms with E-state index in [1.807, 2.05) is 37.3 Å². The van der Waals surface area contributed by atoms with Crippen LogP contribution in [0.1, 0.15) is 42.0 Å². The Hall–Kier alpha value is -3.35. The molecular formula is C22H24N2O5. The molecule has 0 spiro atoms. The number of carbonyl (C=O) groups is 2. The van der Waals surface area contributed by atoms with Gasteiger partial charge in [-0.25, -0.2) is 5.01 Å². The number of methoxy groups -OCH3 is 2. The Kier molecular flexibility index (Phi) is 6.16. The Morgan fingerprint density at radius 3 is 2.45 bits per heavy atom. The van der Waals surface area contributed by atoms with Crippen LogP contribution < -0.4 is 9.47 Å². The van der Waals surface area contributed by atoms with Gasteiger partial charge in [0.05, 0.1) is 32.4 Å². The van der Waals surface area contributed by atoms with Crippen molar-refractivity contribution in [3.8, 4) is 11.5 Å². The first-order chi connectivity index (χ1) is 13.9. The predicted octanol–water partition coefficient (Wildman–Crippen LogP) is 3.55. The van der Waals surface area contributed by atoms with E-state index in [-0.39, 0.29) is 18.7 Å². The van der Waals surface area contributed by atoms with Crippen LogP contribution in [0, 0.1) is 6.92 Å². The summed E-state index contributed by atoms with van der Waals surface area (Å²) in [5.74, 6) is -0.102. The van der Waals surface area contributed by atoms with Gasteiger partial charge in [-0.05, 0) is 30.7 Å². The van der Waals surface area contributed by atoms with Crippen molar-refractivity contribution in [1.29, 1.82) is 0 Å². The van der Waals surface area contributed by atoms with Crippen LogP contribution in [0.15, 0.2) is 47.6 Å². The fourth-order valence-electron chi connectivity index (χ4n) is 3.33. The van der Waals surface area contributed by atoms with E-state index >= 15 is 0 Å². The Morgan fingerprint density at radius 1 is 1.10 bits per heavy atom. The fourth-order valence-corrected chi connectivity index (χ4v) is 3.33. The minimum Gasteiger partial charge on any atom is -0.497 e. The third-order valence-electron chi connectivity index (χ3n) is 4.90. The zero-order valence-corrected chi connectivity index (χ0v) is 16.7. The first-order valence-corrected chi connectivity index (χ1v) is 9.33. The van der Waals surface area contributed by atoms with Gasteiger partial charge in [0.15, 0.2) is 0 Å². The van der Waals surface area contributed by atoms with Gasteiger partial charge in [-0.3, -0.25) is 9.59 Å². The molecule has 0 unspecified atom stereocenters. The fraction of sp³-hybridized carbons (Fsp3) is 0.318. The van der Waals surface area contributed by atoms with Gasteiger partial charge < -0.3 is 14.6 Å². The molecule has 1 heterocycles. The summed E-state index contributed by atoms with van der Waals surface area (Å²) in [6.45, 7) is 2.01. The monoisotopic (exact) mass is 396 g/mol. The number of aliphatic carboxylic acids is 1. The van der Waals surface area contributed by atoms with Crippen LogP contribution >= 0.6 is 0 Å². The van der Waals surface area contributed by atoms with Gasteiger partial charge in [-0.2, -0.15) is 5.10 Å². The van der Waals surface area contributed by atoms with Gasteiger partial charge in [-0.15, -0.1) is 0 Å². The number of ether oxygens (including phenoxy) is 2. The number of aryl methyl sites for hydroxylation is 1. The molecule has 1 aliphatic rings. The van der Waals surface area contributed by atoms with E-state index in [1.165, 1.54) is 5.01 Å². The van der Waals surface area contributed by atoms with Gasteiger partial charge in [0.25, 0.3) is 0 Å². The lowest BCUT2D eigenvalue weighted by atomic mass is 9.97. The quantitative estimate of drug-likeness (QED) is 0.773. The van der Waals surface area contributed by atoms with Crippen LogP contribution in [0.5, 0.6) is 11.5 Å². The summed E-state index contributed by atoms with van der Waals surface area (Å²) in [7, 11) is 3.14. The Labute approximate surface area is 169 Å². The van der Waals surface area contributed by atoms with E-state index in [9.17, 15) is 9.59 Å². The highest BCUT2D eigenvalue weighted by molar-refractivity contribution is 6.03. The van der Waals surface area contributed by atoms with Crippen LogP contribution in [0.3, 0.4) is 0 Å². The summed E-state index contributed by atoms with van der Waals surface area (Å²) in [4.78, 5) is 23.7. The topological polar surface area (TPSA) is 88.4 Å². The lowest BCUT2D eigenvalue weighted by molar-refractivity contribution is -0.141. The highest BCUT2D eigenvalue weighted by Gasteiger charge is 2.35. The summed E-state index contributed by atoms with van der Waals surface area (Å²) in [5, 5.41) is 14.9. The molecule has 7 nitrogen and oxygen atoms in total. The number of nitrogens with zero attached hydrogens (tertiary/aromatic N) is 2. The second-order valence-corrected chi connectivity index (χ2v) is 6.87. The van der Waals surface area contributed by atoms with Crippen molar-refractivity contribution in [2.75, 3.05) is 14.2 Å². The smallest absolute Gasteiger partial charge is 0.303 e. The Balaban J connectivity index is 1.99.